The van der Waals surface area contributed by atoms with Crippen molar-refractivity contribution >= 4 is 15.9 Å². The first-order valence-corrected chi connectivity index (χ1v) is 11.9. The van der Waals surface area contributed by atoms with Crippen LogP contribution in [0.25, 0.3) is 17.1 Å². The standard InChI is InChI=1S/C26H25BrFN5O3/c1-14-6-7-22(26(4,5)35)32-24(14)18-9-20(15(2)10-30-18)33-16(3)8-21(23(27)25(33)34)36-12-19-17(28)11-29-13-31-19/h6-11,13,35H,12H2,1-5H3. The average molecular weight is 554 g/mol. The summed E-state index contributed by atoms with van der Waals surface area (Å²) in [6.45, 7) is 8.75. The van der Waals surface area contributed by atoms with Gasteiger partial charge in [-0.15, -0.1) is 0 Å². The molecular weight excluding hydrogens is 529 g/mol. The maximum atomic E-state index is 13.9. The third-order valence-corrected chi connectivity index (χ3v) is 6.42. The van der Waals surface area contributed by atoms with E-state index in [1.54, 1.807) is 49.7 Å². The van der Waals surface area contributed by atoms with Crippen LogP contribution in [-0.2, 0) is 12.2 Å². The number of pyridine rings is 3. The van der Waals surface area contributed by atoms with Gasteiger partial charge in [0.15, 0.2) is 5.82 Å². The molecule has 0 aliphatic rings. The van der Waals surface area contributed by atoms with Crippen molar-refractivity contribution in [1.29, 1.82) is 0 Å². The van der Waals surface area contributed by atoms with Gasteiger partial charge in [-0.1, -0.05) is 6.07 Å². The molecule has 0 unspecified atom stereocenters. The Hall–Kier alpha value is -3.50. The molecule has 4 aromatic rings. The topological polar surface area (TPSA) is 103 Å². The highest BCUT2D eigenvalue weighted by molar-refractivity contribution is 9.10. The first kappa shape index (κ1) is 25.6. The molecule has 0 saturated carbocycles. The lowest BCUT2D eigenvalue weighted by molar-refractivity contribution is 0.0739. The molecule has 4 aromatic heterocycles. The van der Waals surface area contributed by atoms with Crippen molar-refractivity contribution in [2.45, 2.75) is 46.8 Å². The van der Waals surface area contributed by atoms with E-state index in [9.17, 15) is 14.3 Å². The fraction of sp³-hybridized carbons (Fsp3) is 0.269. The number of aromatic nitrogens is 5. The predicted molar refractivity (Wildman–Crippen MR) is 137 cm³/mol. The van der Waals surface area contributed by atoms with Crippen LogP contribution in [0, 0.1) is 26.6 Å². The molecule has 0 aromatic carbocycles. The van der Waals surface area contributed by atoms with Gasteiger partial charge in [-0.05, 0) is 73.8 Å². The Morgan fingerprint density at radius 3 is 2.56 bits per heavy atom. The van der Waals surface area contributed by atoms with E-state index >= 15 is 0 Å². The zero-order chi connectivity index (χ0) is 26.2. The zero-order valence-corrected chi connectivity index (χ0v) is 22.1. The summed E-state index contributed by atoms with van der Waals surface area (Å²) >= 11 is 3.34. The van der Waals surface area contributed by atoms with Crippen LogP contribution >= 0.6 is 15.9 Å². The molecule has 0 spiro atoms. The van der Waals surface area contributed by atoms with Gasteiger partial charge < -0.3 is 9.84 Å². The van der Waals surface area contributed by atoms with E-state index in [0.29, 0.717) is 28.5 Å². The molecule has 4 rings (SSSR count). The van der Waals surface area contributed by atoms with E-state index in [-0.39, 0.29) is 28.1 Å². The first-order valence-electron chi connectivity index (χ1n) is 11.1. The van der Waals surface area contributed by atoms with Crippen molar-refractivity contribution in [1.82, 2.24) is 24.5 Å². The minimum absolute atomic E-state index is 0.0875. The Morgan fingerprint density at radius 2 is 1.86 bits per heavy atom. The number of aryl methyl sites for hydroxylation is 3. The summed E-state index contributed by atoms with van der Waals surface area (Å²) in [7, 11) is 0. The third-order valence-electron chi connectivity index (χ3n) is 5.69. The number of nitrogens with zero attached hydrogens (tertiary/aromatic N) is 5. The summed E-state index contributed by atoms with van der Waals surface area (Å²) in [4.78, 5) is 30.1. The lowest BCUT2D eigenvalue weighted by atomic mass is 10.0. The van der Waals surface area contributed by atoms with Crippen LogP contribution in [0.5, 0.6) is 5.75 Å². The van der Waals surface area contributed by atoms with Gasteiger partial charge in [-0.2, -0.15) is 0 Å². The monoisotopic (exact) mass is 553 g/mol. The number of rotatable bonds is 6. The van der Waals surface area contributed by atoms with Gasteiger partial charge in [-0.25, -0.2) is 19.3 Å². The molecule has 8 nitrogen and oxygen atoms in total. The van der Waals surface area contributed by atoms with Gasteiger partial charge in [-0.3, -0.25) is 14.3 Å². The maximum Gasteiger partial charge on any atom is 0.273 e. The lowest BCUT2D eigenvalue weighted by Gasteiger charge is -2.19. The molecule has 36 heavy (non-hydrogen) atoms. The Morgan fingerprint density at radius 1 is 1.11 bits per heavy atom. The van der Waals surface area contributed by atoms with E-state index < -0.39 is 11.4 Å². The highest BCUT2D eigenvalue weighted by Gasteiger charge is 2.21. The minimum Gasteiger partial charge on any atom is -0.486 e. The number of hydrogen-bond donors (Lipinski definition) is 1. The Balaban J connectivity index is 1.76. The van der Waals surface area contributed by atoms with Gasteiger partial charge in [0, 0.05) is 18.0 Å². The van der Waals surface area contributed by atoms with Crippen molar-refractivity contribution in [3.63, 3.8) is 0 Å². The summed E-state index contributed by atoms with van der Waals surface area (Å²) in [6, 6.07) is 7.17. The number of halogens is 2. The fourth-order valence-corrected chi connectivity index (χ4v) is 4.09. The summed E-state index contributed by atoms with van der Waals surface area (Å²) in [5.41, 5.74) is 3.24. The van der Waals surface area contributed by atoms with Crippen LogP contribution in [0.3, 0.4) is 0 Å². The molecule has 0 aliphatic heterocycles. The van der Waals surface area contributed by atoms with Crippen molar-refractivity contribution in [3.05, 3.63) is 91.8 Å². The largest absolute Gasteiger partial charge is 0.486 e. The summed E-state index contributed by atoms with van der Waals surface area (Å²) in [6.07, 6.45) is 3.98. The van der Waals surface area contributed by atoms with Crippen LogP contribution in [0.15, 0.2) is 52.3 Å². The molecule has 1 N–H and O–H groups in total. The molecule has 0 bridgehead atoms. The van der Waals surface area contributed by atoms with Crippen LogP contribution in [0.1, 0.15) is 42.1 Å². The summed E-state index contributed by atoms with van der Waals surface area (Å²) < 4.78 is 21.3. The van der Waals surface area contributed by atoms with E-state index in [2.05, 4.69) is 35.9 Å². The van der Waals surface area contributed by atoms with E-state index in [1.807, 2.05) is 19.9 Å². The van der Waals surface area contributed by atoms with E-state index in [0.717, 1.165) is 17.3 Å². The molecule has 0 radical (unpaired) electrons. The number of hydrogen-bond acceptors (Lipinski definition) is 7. The second kappa shape index (κ2) is 9.87. The molecule has 0 amide bonds. The summed E-state index contributed by atoms with van der Waals surface area (Å²) in [5, 5.41) is 10.4. The smallest absolute Gasteiger partial charge is 0.273 e. The average Bonchev–Trinajstić information content (AvgIpc) is 2.82. The molecule has 0 fully saturated rings. The normalized spacial score (nSPS) is 11.6. The molecule has 186 valence electrons. The molecular formula is C26H25BrFN5O3. The third kappa shape index (κ3) is 5.05. The Kier molecular flexibility index (Phi) is 7.01. The molecule has 4 heterocycles. The van der Waals surface area contributed by atoms with Crippen molar-refractivity contribution in [2.75, 3.05) is 0 Å². The van der Waals surface area contributed by atoms with Gasteiger partial charge >= 0.3 is 0 Å². The van der Waals surface area contributed by atoms with Crippen LogP contribution < -0.4 is 10.3 Å². The van der Waals surface area contributed by atoms with Gasteiger partial charge in [0.2, 0.25) is 0 Å². The second-order valence-electron chi connectivity index (χ2n) is 8.99. The lowest BCUT2D eigenvalue weighted by Crippen LogP contribution is -2.23. The Bertz CT molecular complexity index is 1510. The van der Waals surface area contributed by atoms with Gasteiger partial charge in [0.05, 0.1) is 29.0 Å². The van der Waals surface area contributed by atoms with Crippen LogP contribution in [-0.4, -0.2) is 29.6 Å². The van der Waals surface area contributed by atoms with Gasteiger partial charge in [0.1, 0.15) is 34.5 Å². The quantitative estimate of drug-likeness (QED) is 0.368. The highest BCUT2D eigenvalue weighted by atomic mass is 79.9. The summed E-state index contributed by atoms with van der Waals surface area (Å²) in [5.74, 6) is -0.315. The number of aliphatic hydroxyl groups is 1. The van der Waals surface area contributed by atoms with E-state index in [4.69, 9.17) is 4.74 Å². The second-order valence-corrected chi connectivity index (χ2v) is 9.78. The maximum absolute atomic E-state index is 13.9. The fourth-order valence-electron chi connectivity index (χ4n) is 3.69. The molecule has 0 saturated heterocycles. The van der Waals surface area contributed by atoms with Crippen LogP contribution in [0.4, 0.5) is 4.39 Å². The Labute approximate surface area is 216 Å². The van der Waals surface area contributed by atoms with Crippen molar-refractivity contribution < 1.29 is 14.2 Å². The SMILES string of the molecule is Cc1cnc(-c2nc(C(C)(C)O)ccc2C)cc1-n1c(C)cc(OCc2ncncc2F)c(Br)c1=O. The first-order chi connectivity index (χ1) is 17.0. The minimum atomic E-state index is -1.11. The van der Waals surface area contributed by atoms with Crippen molar-refractivity contribution in [3.8, 4) is 22.8 Å². The highest BCUT2D eigenvalue weighted by Crippen LogP contribution is 2.29. The molecule has 0 aliphatic carbocycles. The van der Waals surface area contributed by atoms with Crippen LogP contribution in [0.2, 0.25) is 0 Å². The molecule has 10 heteroatoms. The number of ether oxygens (including phenoxy) is 1. The van der Waals surface area contributed by atoms with E-state index in [1.165, 1.54) is 6.33 Å². The zero-order valence-electron chi connectivity index (χ0n) is 20.5. The predicted octanol–water partition coefficient (Wildman–Crippen LogP) is 4.72. The molecule has 0 atom stereocenters. The van der Waals surface area contributed by atoms with Gasteiger partial charge in [0.25, 0.3) is 5.56 Å². The van der Waals surface area contributed by atoms with Crippen molar-refractivity contribution in [2.24, 2.45) is 0 Å².